The number of nitrogens with one attached hydrogen (secondary N) is 1. The van der Waals surface area contributed by atoms with E-state index in [4.69, 9.17) is 10.2 Å². The number of aliphatic hydroxyl groups is 1. The number of methoxy groups -OCH3 is 1. The van der Waals surface area contributed by atoms with Gasteiger partial charge in [0.1, 0.15) is 6.04 Å². The first kappa shape index (κ1) is 11.9. The van der Waals surface area contributed by atoms with Crippen LogP contribution in [0.1, 0.15) is 6.42 Å². The van der Waals surface area contributed by atoms with Gasteiger partial charge in [0, 0.05) is 6.54 Å². The molecule has 0 aromatic heterocycles. The van der Waals surface area contributed by atoms with E-state index in [1.54, 1.807) is 0 Å². The first-order valence-corrected chi connectivity index (χ1v) is 3.75. The Kier molecular flexibility index (Phi) is 5.82. The highest BCUT2D eigenvalue weighted by atomic mass is 16.5. The third-order valence-corrected chi connectivity index (χ3v) is 1.43. The molecule has 0 aliphatic rings. The average molecular weight is 191 g/mol. The third-order valence-electron chi connectivity index (χ3n) is 1.43. The standard InChI is InChI=1S/C7H13NO5/c1-13-6(10)2-3-8-5(4-9)7(11)12/h5,8-9H,2-4H2,1H3,(H,11,12). The quantitative estimate of drug-likeness (QED) is 0.446. The lowest BCUT2D eigenvalue weighted by Gasteiger charge is -2.10. The van der Waals surface area contributed by atoms with E-state index in [-0.39, 0.29) is 13.0 Å². The van der Waals surface area contributed by atoms with E-state index < -0.39 is 24.6 Å². The lowest BCUT2D eigenvalue weighted by Crippen LogP contribution is -2.40. The number of esters is 1. The molecule has 0 spiro atoms. The van der Waals surface area contributed by atoms with Gasteiger partial charge < -0.3 is 20.3 Å². The molecule has 0 aliphatic heterocycles. The molecule has 3 N–H and O–H groups in total. The summed E-state index contributed by atoms with van der Waals surface area (Å²) in [5.41, 5.74) is 0. The molecule has 0 bridgehead atoms. The maximum Gasteiger partial charge on any atom is 0.323 e. The first-order valence-electron chi connectivity index (χ1n) is 3.75. The van der Waals surface area contributed by atoms with E-state index in [1.165, 1.54) is 7.11 Å². The molecule has 6 nitrogen and oxygen atoms in total. The van der Waals surface area contributed by atoms with Crippen molar-refractivity contribution < 1.29 is 24.5 Å². The van der Waals surface area contributed by atoms with Crippen LogP contribution in [0.5, 0.6) is 0 Å². The lowest BCUT2D eigenvalue weighted by atomic mass is 10.3. The van der Waals surface area contributed by atoms with Crippen molar-refractivity contribution in [1.82, 2.24) is 5.32 Å². The van der Waals surface area contributed by atoms with Crippen molar-refractivity contribution in [3.63, 3.8) is 0 Å². The minimum Gasteiger partial charge on any atom is -0.480 e. The Labute approximate surface area is 75.5 Å². The Hall–Kier alpha value is -1.14. The molecule has 0 saturated heterocycles. The van der Waals surface area contributed by atoms with E-state index in [0.29, 0.717) is 0 Å². The van der Waals surface area contributed by atoms with Crippen LogP contribution in [0.4, 0.5) is 0 Å². The lowest BCUT2D eigenvalue weighted by molar-refractivity contribution is -0.143. The molecule has 0 radical (unpaired) electrons. The van der Waals surface area contributed by atoms with E-state index in [9.17, 15) is 9.59 Å². The molecule has 0 aromatic rings. The Bertz CT molecular complexity index is 182. The minimum absolute atomic E-state index is 0.0836. The van der Waals surface area contributed by atoms with Gasteiger partial charge in [-0.3, -0.25) is 9.59 Å². The number of hydrogen-bond donors (Lipinski definition) is 3. The second kappa shape index (κ2) is 6.38. The van der Waals surface area contributed by atoms with Crippen LogP contribution in [0.3, 0.4) is 0 Å². The third kappa shape index (κ3) is 5.15. The molecule has 6 heteroatoms. The van der Waals surface area contributed by atoms with Crippen LogP contribution >= 0.6 is 0 Å². The van der Waals surface area contributed by atoms with Crippen molar-refractivity contribution in [2.24, 2.45) is 0 Å². The fourth-order valence-corrected chi connectivity index (χ4v) is 0.680. The maximum absolute atomic E-state index is 10.6. The van der Waals surface area contributed by atoms with Crippen LogP contribution in [-0.2, 0) is 14.3 Å². The van der Waals surface area contributed by atoms with E-state index >= 15 is 0 Å². The largest absolute Gasteiger partial charge is 0.480 e. The zero-order valence-electron chi connectivity index (χ0n) is 7.32. The summed E-state index contributed by atoms with van der Waals surface area (Å²) in [4.78, 5) is 20.9. The second-order valence-electron chi connectivity index (χ2n) is 2.35. The molecule has 0 rings (SSSR count). The molecule has 0 heterocycles. The Balaban J connectivity index is 3.61. The first-order chi connectivity index (χ1) is 6.11. The summed E-state index contributed by atoms with van der Waals surface area (Å²) in [5, 5.41) is 19.5. The molecule has 0 fully saturated rings. The molecular weight excluding hydrogens is 178 g/mol. The molecule has 0 amide bonds. The fourth-order valence-electron chi connectivity index (χ4n) is 0.680. The predicted molar refractivity (Wildman–Crippen MR) is 43.1 cm³/mol. The topological polar surface area (TPSA) is 95.9 Å². The second-order valence-corrected chi connectivity index (χ2v) is 2.35. The van der Waals surface area contributed by atoms with Gasteiger partial charge in [0.25, 0.3) is 0 Å². The predicted octanol–water partition coefficient (Wildman–Crippen LogP) is -1.42. The number of ether oxygens (including phenoxy) is 1. The summed E-state index contributed by atoms with van der Waals surface area (Å²) in [7, 11) is 1.25. The summed E-state index contributed by atoms with van der Waals surface area (Å²) in [6.45, 7) is -0.333. The van der Waals surface area contributed by atoms with Crippen molar-refractivity contribution in [3.8, 4) is 0 Å². The van der Waals surface area contributed by atoms with E-state index in [1.807, 2.05) is 0 Å². The van der Waals surface area contributed by atoms with Crippen LogP contribution in [-0.4, -0.2) is 48.5 Å². The average Bonchev–Trinajstić information content (AvgIpc) is 2.11. The number of carboxylic acids is 1. The van der Waals surface area contributed by atoms with Crippen molar-refractivity contribution in [2.75, 3.05) is 20.3 Å². The smallest absolute Gasteiger partial charge is 0.323 e. The van der Waals surface area contributed by atoms with Gasteiger partial charge in [-0.1, -0.05) is 0 Å². The molecule has 76 valence electrons. The summed E-state index contributed by atoms with van der Waals surface area (Å²) in [5.74, 6) is -1.57. The Morgan fingerprint density at radius 2 is 2.15 bits per heavy atom. The summed E-state index contributed by atoms with van der Waals surface area (Å²) >= 11 is 0. The number of hydrogen-bond acceptors (Lipinski definition) is 5. The van der Waals surface area contributed by atoms with Gasteiger partial charge in [-0.15, -0.1) is 0 Å². The van der Waals surface area contributed by atoms with Crippen molar-refractivity contribution in [3.05, 3.63) is 0 Å². The highest BCUT2D eigenvalue weighted by Gasteiger charge is 2.14. The zero-order valence-corrected chi connectivity index (χ0v) is 7.32. The van der Waals surface area contributed by atoms with Gasteiger partial charge in [-0.2, -0.15) is 0 Å². The van der Waals surface area contributed by atoms with Crippen LogP contribution in [0, 0.1) is 0 Å². The highest BCUT2D eigenvalue weighted by molar-refractivity contribution is 5.74. The van der Waals surface area contributed by atoms with Gasteiger partial charge in [0.15, 0.2) is 0 Å². The molecule has 13 heavy (non-hydrogen) atoms. The Morgan fingerprint density at radius 1 is 1.54 bits per heavy atom. The number of aliphatic hydroxyl groups excluding tert-OH is 1. The van der Waals surface area contributed by atoms with E-state index in [0.717, 1.165) is 0 Å². The molecule has 1 unspecified atom stereocenters. The SMILES string of the molecule is COC(=O)CCNC(CO)C(=O)O. The fraction of sp³-hybridized carbons (Fsp3) is 0.714. The molecule has 0 saturated carbocycles. The Morgan fingerprint density at radius 3 is 2.54 bits per heavy atom. The molecular formula is C7H13NO5. The van der Waals surface area contributed by atoms with E-state index in [2.05, 4.69) is 10.1 Å². The maximum atomic E-state index is 10.6. The van der Waals surface area contributed by atoms with Crippen LogP contribution in [0.15, 0.2) is 0 Å². The van der Waals surface area contributed by atoms with Gasteiger partial charge in [-0.25, -0.2) is 0 Å². The van der Waals surface area contributed by atoms with Crippen LogP contribution in [0.25, 0.3) is 0 Å². The molecule has 1 atom stereocenters. The van der Waals surface area contributed by atoms with Crippen LogP contribution in [0.2, 0.25) is 0 Å². The number of carboxylic acid groups (broad SMARTS) is 1. The monoisotopic (exact) mass is 191 g/mol. The van der Waals surface area contributed by atoms with Gasteiger partial charge >= 0.3 is 11.9 Å². The highest BCUT2D eigenvalue weighted by Crippen LogP contribution is 1.85. The molecule has 0 aromatic carbocycles. The minimum atomic E-state index is -1.15. The van der Waals surface area contributed by atoms with Crippen LogP contribution < -0.4 is 5.32 Å². The number of rotatable bonds is 6. The molecule has 0 aliphatic carbocycles. The normalized spacial score (nSPS) is 12.2. The van der Waals surface area contributed by atoms with Gasteiger partial charge in [0.2, 0.25) is 0 Å². The van der Waals surface area contributed by atoms with Gasteiger partial charge in [0.05, 0.1) is 20.1 Å². The zero-order chi connectivity index (χ0) is 10.3. The van der Waals surface area contributed by atoms with Crippen molar-refractivity contribution >= 4 is 11.9 Å². The van der Waals surface area contributed by atoms with Crippen molar-refractivity contribution in [1.29, 1.82) is 0 Å². The number of aliphatic carboxylic acids is 1. The van der Waals surface area contributed by atoms with Gasteiger partial charge in [-0.05, 0) is 0 Å². The number of carbonyl (C=O) groups excluding carboxylic acids is 1. The summed E-state index contributed by atoms with van der Waals surface area (Å²) in [6, 6.07) is -1.02. The summed E-state index contributed by atoms with van der Waals surface area (Å²) < 4.78 is 4.34. The number of carbonyl (C=O) groups is 2. The summed E-state index contributed by atoms with van der Waals surface area (Å²) in [6.07, 6.45) is 0.0836. The van der Waals surface area contributed by atoms with Crippen molar-refractivity contribution in [2.45, 2.75) is 12.5 Å².